The van der Waals surface area contributed by atoms with Crippen molar-refractivity contribution in [2.45, 2.75) is 38.6 Å². The van der Waals surface area contributed by atoms with Crippen molar-refractivity contribution in [3.05, 3.63) is 65.2 Å². The van der Waals surface area contributed by atoms with E-state index >= 15 is 0 Å². The first-order valence-electron chi connectivity index (χ1n) is 9.75. The highest BCUT2D eigenvalue weighted by Gasteiger charge is 2.31. The van der Waals surface area contributed by atoms with Gasteiger partial charge in [0.25, 0.3) is 0 Å². The molecule has 28 heavy (non-hydrogen) atoms. The zero-order valence-corrected chi connectivity index (χ0v) is 16.8. The van der Waals surface area contributed by atoms with Crippen molar-refractivity contribution in [1.82, 2.24) is 5.32 Å². The van der Waals surface area contributed by atoms with Crippen LogP contribution in [0.25, 0.3) is 0 Å². The minimum absolute atomic E-state index is 0.00703. The molecule has 2 atom stereocenters. The number of para-hydroxylation sites is 1. The number of nitrogens with zero attached hydrogens (tertiary/aromatic N) is 1. The fourth-order valence-corrected chi connectivity index (χ4v) is 3.90. The summed E-state index contributed by atoms with van der Waals surface area (Å²) in [5.74, 6) is -0.490. The molecule has 0 spiro atoms. The molecule has 0 bridgehead atoms. The standard InChI is InChI=1S/C23H28N2O3/c1-16-8-4-5-9-18(16)14-17(2)24-22(26)15-25-13-12-20(23(27)28-3)19-10-6-7-11-21(19)25/h4-11,17,20H,12-15H2,1-3H3,(H,24,26)/t17-,20-/m1/s1. The zero-order chi connectivity index (χ0) is 20.1. The van der Waals surface area contributed by atoms with Gasteiger partial charge in [0, 0.05) is 18.3 Å². The maximum Gasteiger partial charge on any atom is 0.313 e. The molecule has 5 nitrogen and oxygen atoms in total. The highest BCUT2D eigenvalue weighted by atomic mass is 16.5. The summed E-state index contributed by atoms with van der Waals surface area (Å²) >= 11 is 0. The average Bonchev–Trinajstić information content (AvgIpc) is 2.69. The van der Waals surface area contributed by atoms with E-state index in [2.05, 4.69) is 24.4 Å². The van der Waals surface area contributed by atoms with Gasteiger partial charge in [0.2, 0.25) is 5.91 Å². The van der Waals surface area contributed by atoms with Crippen LogP contribution in [0.15, 0.2) is 48.5 Å². The Kier molecular flexibility index (Phi) is 6.34. The Morgan fingerprint density at radius 2 is 1.89 bits per heavy atom. The van der Waals surface area contributed by atoms with Gasteiger partial charge in [-0.05, 0) is 49.4 Å². The molecule has 148 valence electrons. The minimum atomic E-state index is -0.263. The van der Waals surface area contributed by atoms with Crippen LogP contribution in [0.1, 0.15) is 36.0 Å². The number of nitrogens with one attached hydrogen (secondary N) is 1. The highest BCUT2D eigenvalue weighted by Crippen LogP contribution is 2.35. The van der Waals surface area contributed by atoms with Crippen molar-refractivity contribution in [1.29, 1.82) is 0 Å². The minimum Gasteiger partial charge on any atom is -0.469 e. The molecule has 0 saturated heterocycles. The second-order valence-electron chi connectivity index (χ2n) is 7.44. The number of aryl methyl sites for hydroxylation is 1. The molecule has 1 aliphatic rings. The lowest BCUT2D eigenvalue weighted by Gasteiger charge is -2.34. The van der Waals surface area contributed by atoms with Crippen LogP contribution < -0.4 is 10.2 Å². The van der Waals surface area contributed by atoms with Crippen LogP contribution in [0.4, 0.5) is 5.69 Å². The Bertz CT molecular complexity index is 849. The molecule has 5 heteroatoms. The molecule has 0 fully saturated rings. The molecule has 1 N–H and O–H groups in total. The zero-order valence-electron chi connectivity index (χ0n) is 16.8. The van der Waals surface area contributed by atoms with Gasteiger partial charge in [0.1, 0.15) is 0 Å². The first kappa shape index (κ1) is 19.9. The normalized spacial score (nSPS) is 16.8. The average molecular weight is 380 g/mol. The third-order valence-corrected chi connectivity index (χ3v) is 5.36. The van der Waals surface area contributed by atoms with Crippen molar-refractivity contribution >= 4 is 17.6 Å². The second-order valence-corrected chi connectivity index (χ2v) is 7.44. The Hall–Kier alpha value is -2.82. The predicted octanol–water partition coefficient (Wildman–Crippen LogP) is 3.21. The quantitative estimate of drug-likeness (QED) is 0.782. The molecule has 0 aromatic heterocycles. The summed E-state index contributed by atoms with van der Waals surface area (Å²) in [6.07, 6.45) is 1.45. The number of carbonyl (C=O) groups excluding carboxylic acids is 2. The summed E-state index contributed by atoms with van der Waals surface area (Å²) in [5.41, 5.74) is 4.36. The number of fused-ring (bicyclic) bond motifs is 1. The summed E-state index contributed by atoms with van der Waals surface area (Å²) < 4.78 is 4.94. The van der Waals surface area contributed by atoms with E-state index in [0.29, 0.717) is 13.0 Å². The number of hydrogen-bond acceptors (Lipinski definition) is 4. The van der Waals surface area contributed by atoms with Gasteiger partial charge in [-0.2, -0.15) is 0 Å². The van der Waals surface area contributed by atoms with Gasteiger partial charge in [-0.1, -0.05) is 42.5 Å². The SMILES string of the molecule is COC(=O)[C@@H]1CCN(CC(=O)N[C@H](C)Cc2ccccc2C)c2ccccc21. The van der Waals surface area contributed by atoms with Gasteiger partial charge >= 0.3 is 5.97 Å². The molecule has 0 aliphatic carbocycles. The lowest BCUT2D eigenvalue weighted by molar-refractivity contribution is -0.142. The van der Waals surface area contributed by atoms with Crippen molar-refractivity contribution in [2.75, 3.05) is 25.1 Å². The fourth-order valence-electron chi connectivity index (χ4n) is 3.90. The summed E-state index contributed by atoms with van der Waals surface area (Å²) in [6.45, 7) is 5.05. The molecular formula is C23H28N2O3. The van der Waals surface area contributed by atoms with E-state index in [1.807, 2.05) is 48.2 Å². The number of esters is 1. The lowest BCUT2D eigenvalue weighted by Crippen LogP contribution is -2.44. The summed E-state index contributed by atoms with van der Waals surface area (Å²) in [5, 5.41) is 3.11. The molecule has 1 aliphatic heterocycles. The number of amides is 1. The van der Waals surface area contributed by atoms with Crippen LogP contribution in [0.3, 0.4) is 0 Å². The molecule has 2 aromatic rings. The van der Waals surface area contributed by atoms with Crippen molar-refractivity contribution in [2.24, 2.45) is 0 Å². The number of ether oxygens (including phenoxy) is 1. The number of carbonyl (C=O) groups is 2. The molecule has 1 heterocycles. The van der Waals surface area contributed by atoms with E-state index in [4.69, 9.17) is 4.74 Å². The Morgan fingerprint density at radius 3 is 2.64 bits per heavy atom. The maximum absolute atomic E-state index is 12.6. The molecule has 1 amide bonds. The Labute approximate surface area is 166 Å². The number of benzene rings is 2. The van der Waals surface area contributed by atoms with Gasteiger partial charge in [-0.25, -0.2) is 0 Å². The van der Waals surface area contributed by atoms with Gasteiger partial charge in [-0.15, -0.1) is 0 Å². The van der Waals surface area contributed by atoms with Crippen LogP contribution in [0.5, 0.6) is 0 Å². The largest absolute Gasteiger partial charge is 0.469 e. The molecule has 2 aromatic carbocycles. The van der Waals surface area contributed by atoms with Crippen LogP contribution in [-0.2, 0) is 20.7 Å². The van der Waals surface area contributed by atoms with E-state index in [1.165, 1.54) is 18.2 Å². The van der Waals surface area contributed by atoms with E-state index in [-0.39, 0.29) is 30.4 Å². The number of hydrogen-bond donors (Lipinski definition) is 1. The molecule has 0 radical (unpaired) electrons. The molecule has 3 rings (SSSR count). The Balaban J connectivity index is 1.64. The van der Waals surface area contributed by atoms with Crippen LogP contribution in [-0.4, -0.2) is 38.1 Å². The van der Waals surface area contributed by atoms with Gasteiger partial charge in [-0.3, -0.25) is 9.59 Å². The lowest BCUT2D eigenvalue weighted by atomic mass is 9.90. The predicted molar refractivity (Wildman–Crippen MR) is 111 cm³/mol. The van der Waals surface area contributed by atoms with Gasteiger partial charge in [0.05, 0.1) is 19.6 Å². The summed E-state index contributed by atoms with van der Waals surface area (Å²) in [6, 6.07) is 16.1. The van der Waals surface area contributed by atoms with Crippen molar-refractivity contribution in [3.63, 3.8) is 0 Å². The topological polar surface area (TPSA) is 58.6 Å². The van der Waals surface area contributed by atoms with E-state index in [9.17, 15) is 9.59 Å². The Morgan fingerprint density at radius 1 is 1.18 bits per heavy atom. The smallest absolute Gasteiger partial charge is 0.313 e. The summed E-state index contributed by atoms with van der Waals surface area (Å²) in [7, 11) is 1.42. The molecule has 0 saturated carbocycles. The van der Waals surface area contributed by atoms with E-state index in [1.54, 1.807) is 0 Å². The van der Waals surface area contributed by atoms with Crippen LogP contribution in [0.2, 0.25) is 0 Å². The van der Waals surface area contributed by atoms with Crippen LogP contribution in [0, 0.1) is 6.92 Å². The number of anilines is 1. The maximum atomic E-state index is 12.6. The summed E-state index contributed by atoms with van der Waals surface area (Å²) in [4.78, 5) is 26.8. The van der Waals surface area contributed by atoms with Crippen LogP contribution >= 0.6 is 0 Å². The molecule has 0 unspecified atom stereocenters. The third kappa shape index (κ3) is 4.53. The first-order valence-corrected chi connectivity index (χ1v) is 9.75. The number of rotatable bonds is 6. The second kappa shape index (κ2) is 8.91. The number of methoxy groups -OCH3 is 1. The van der Waals surface area contributed by atoms with Gasteiger partial charge in [0.15, 0.2) is 0 Å². The van der Waals surface area contributed by atoms with Crippen molar-refractivity contribution < 1.29 is 14.3 Å². The molecular weight excluding hydrogens is 352 g/mol. The highest BCUT2D eigenvalue weighted by molar-refractivity contribution is 5.85. The van der Waals surface area contributed by atoms with E-state index < -0.39 is 0 Å². The van der Waals surface area contributed by atoms with E-state index in [0.717, 1.165) is 17.7 Å². The fraction of sp³-hybridized carbons (Fsp3) is 0.391. The third-order valence-electron chi connectivity index (χ3n) is 5.36. The first-order chi connectivity index (χ1) is 13.5. The van der Waals surface area contributed by atoms with Gasteiger partial charge < -0.3 is 15.0 Å². The van der Waals surface area contributed by atoms with Crippen molar-refractivity contribution in [3.8, 4) is 0 Å². The monoisotopic (exact) mass is 380 g/mol.